The molecule has 11 heavy (non-hydrogen) atoms. The molecule has 0 atom stereocenters. The number of carbonyl (C=O) groups is 1. The van der Waals surface area contributed by atoms with Crippen molar-refractivity contribution in [3.8, 4) is 0 Å². The third-order valence-corrected chi connectivity index (χ3v) is 1.90. The summed E-state index contributed by atoms with van der Waals surface area (Å²) in [5.74, 6) is -0.288. The molecular weight excluding hydrogens is 145 g/mol. The molecule has 0 aromatic rings. The summed E-state index contributed by atoms with van der Waals surface area (Å²) < 4.78 is 13.4. The number of hydrogen-bond acceptors (Lipinski definition) is 2. The maximum atomic E-state index is 13.4. The molecule has 2 nitrogen and oxygen atoms in total. The van der Waals surface area contributed by atoms with Crippen LogP contribution >= 0.6 is 0 Å². The topological polar surface area (TPSA) is 29.1 Å². The second-order valence-corrected chi connectivity index (χ2v) is 4.15. The van der Waals surface area contributed by atoms with E-state index in [1.807, 2.05) is 0 Å². The minimum Gasteiger partial charge on any atom is -0.309 e. The van der Waals surface area contributed by atoms with E-state index in [4.69, 9.17) is 0 Å². The SMILES string of the molecule is CC(C)(C)C(=O)C1(F)CNC1. The Bertz CT molecular complexity index is 179. The minimum atomic E-state index is -1.59. The third kappa shape index (κ3) is 1.43. The normalized spacial score (nSPS) is 22.5. The van der Waals surface area contributed by atoms with E-state index >= 15 is 0 Å². The molecule has 1 fully saturated rings. The van der Waals surface area contributed by atoms with Gasteiger partial charge in [-0.2, -0.15) is 0 Å². The van der Waals surface area contributed by atoms with Gasteiger partial charge < -0.3 is 5.32 Å². The van der Waals surface area contributed by atoms with E-state index in [-0.39, 0.29) is 18.9 Å². The summed E-state index contributed by atoms with van der Waals surface area (Å²) in [4.78, 5) is 11.4. The van der Waals surface area contributed by atoms with E-state index in [1.165, 1.54) is 0 Å². The lowest BCUT2D eigenvalue weighted by Crippen LogP contribution is -2.63. The number of alkyl halides is 1. The first-order valence-corrected chi connectivity index (χ1v) is 3.81. The number of ketones is 1. The number of hydrogen-bond donors (Lipinski definition) is 1. The zero-order valence-electron chi connectivity index (χ0n) is 7.20. The molecule has 0 amide bonds. The Morgan fingerprint density at radius 2 is 1.91 bits per heavy atom. The minimum absolute atomic E-state index is 0.184. The molecule has 3 heteroatoms. The Morgan fingerprint density at radius 3 is 2.00 bits per heavy atom. The molecule has 1 N–H and O–H groups in total. The Morgan fingerprint density at radius 1 is 1.45 bits per heavy atom. The van der Waals surface area contributed by atoms with Crippen molar-refractivity contribution in [3.63, 3.8) is 0 Å². The summed E-state index contributed by atoms with van der Waals surface area (Å²) in [5, 5.41) is 2.76. The molecule has 0 unspecified atom stereocenters. The number of rotatable bonds is 1. The molecule has 0 aromatic carbocycles. The van der Waals surface area contributed by atoms with Crippen molar-refractivity contribution >= 4 is 5.78 Å². The van der Waals surface area contributed by atoms with E-state index in [0.717, 1.165) is 0 Å². The summed E-state index contributed by atoms with van der Waals surface area (Å²) >= 11 is 0. The van der Waals surface area contributed by atoms with E-state index < -0.39 is 11.1 Å². The lowest BCUT2D eigenvalue weighted by atomic mass is 9.78. The van der Waals surface area contributed by atoms with Crippen molar-refractivity contribution in [2.45, 2.75) is 26.4 Å². The first-order chi connectivity index (χ1) is 4.86. The van der Waals surface area contributed by atoms with Crippen molar-refractivity contribution < 1.29 is 9.18 Å². The van der Waals surface area contributed by atoms with E-state index in [9.17, 15) is 9.18 Å². The number of nitrogens with one attached hydrogen (secondary N) is 1. The largest absolute Gasteiger partial charge is 0.309 e. The molecule has 0 aromatic heterocycles. The van der Waals surface area contributed by atoms with Gasteiger partial charge in [-0.1, -0.05) is 20.8 Å². The zero-order valence-corrected chi connectivity index (χ0v) is 7.20. The Balaban J connectivity index is 2.68. The van der Waals surface area contributed by atoms with Gasteiger partial charge in [0, 0.05) is 18.5 Å². The van der Waals surface area contributed by atoms with Crippen LogP contribution in [0.25, 0.3) is 0 Å². The quantitative estimate of drug-likeness (QED) is 0.616. The van der Waals surface area contributed by atoms with Gasteiger partial charge in [0.05, 0.1) is 0 Å². The molecule has 0 radical (unpaired) electrons. The highest BCUT2D eigenvalue weighted by Gasteiger charge is 2.48. The summed E-state index contributed by atoms with van der Waals surface area (Å²) in [7, 11) is 0. The van der Waals surface area contributed by atoms with Crippen LogP contribution in [0, 0.1) is 5.41 Å². The third-order valence-electron chi connectivity index (χ3n) is 1.90. The van der Waals surface area contributed by atoms with Gasteiger partial charge in [-0.05, 0) is 0 Å². The summed E-state index contributed by atoms with van der Waals surface area (Å²) in [6.07, 6.45) is 0. The first kappa shape index (κ1) is 8.65. The highest BCUT2D eigenvalue weighted by atomic mass is 19.1. The summed E-state index contributed by atoms with van der Waals surface area (Å²) in [5.41, 5.74) is -2.14. The Kier molecular flexibility index (Phi) is 1.79. The van der Waals surface area contributed by atoms with E-state index in [1.54, 1.807) is 20.8 Å². The molecule has 0 saturated carbocycles. The molecule has 1 aliphatic rings. The average molecular weight is 159 g/mol. The Labute approximate surface area is 66.2 Å². The van der Waals surface area contributed by atoms with Gasteiger partial charge in [0.1, 0.15) is 0 Å². The smallest absolute Gasteiger partial charge is 0.193 e. The summed E-state index contributed by atoms with van der Waals surface area (Å²) in [6, 6.07) is 0. The van der Waals surface area contributed by atoms with Crippen LogP contribution in [0.5, 0.6) is 0 Å². The molecule has 1 rings (SSSR count). The first-order valence-electron chi connectivity index (χ1n) is 3.81. The van der Waals surface area contributed by atoms with Gasteiger partial charge >= 0.3 is 0 Å². The van der Waals surface area contributed by atoms with Gasteiger partial charge in [-0.25, -0.2) is 4.39 Å². The number of carbonyl (C=O) groups excluding carboxylic acids is 1. The van der Waals surface area contributed by atoms with Crippen molar-refractivity contribution in [2.24, 2.45) is 5.41 Å². The van der Waals surface area contributed by atoms with Gasteiger partial charge in [0.15, 0.2) is 11.5 Å². The molecule has 0 spiro atoms. The lowest BCUT2D eigenvalue weighted by Gasteiger charge is -2.37. The van der Waals surface area contributed by atoms with Crippen molar-refractivity contribution in [2.75, 3.05) is 13.1 Å². The van der Waals surface area contributed by atoms with Crippen LogP contribution < -0.4 is 5.32 Å². The summed E-state index contributed by atoms with van der Waals surface area (Å²) in [6.45, 7) is 5.60. The predicted molar refractivity (Wildman–Crippen MR) is 41.2 cm³/mol. The fourth-order valence-corrected chi connectivity index (χ4v) is 1.18. The average Bonchev–Trinajstić information content (AvgIpc) is 1.79. The maximum Gasteiger partial charge on any atom is 0.193 e. The van der Waals surface area contributed by atoms with E-state index in [2.05, 4.69) is 5.32 Å². The number of halogens is 1. The van der Waals surface area contributed by atoms with Crippen molar-refractivity contribution in [1.82, 2.24) is 5.32 Å². The van der Waals surface area contributed by atoms with Crippen LogP contribution in [0.2, 0.25) is 0 Å². The Hall–Kier alpha value is -0.440. The monoisotopic (exact) mass is 159 g/mol. The second kappa shape index (κ2) is 2.27. The predicted octanol–water partition coefficient (Wildman–Crippen LogP) is 0.913. The fraction of sp³-hybridized carbons (Fsp3) is 0.875. The van der Waals surface area contributed by atoms with Gasteiger partial charge in [0.25, 0.3) is 0 Å². The van der Waals surface area contributed by atoms with Crippen LogP contribution in [0.3, 0.4) is 0 Å². The number of Topliss-reactive ketones (excluding diaryl/α,β-unsaturated/α-hetero) is 1. The van der Waals surface area contributed by atoms with Gasteiger partial charge in [0.2, 0.25) is 0 Å². The molecule has 0 aliphatic carbocycles. The zero-order chi connectivity index (χ0) is 8.70. The molecular formula is C8H14FNO. The molecule has 1 saturated heterocycles. The molecule has 1 aliphatic heterocycles. The van der Waals surface area contributed by atoms with Crippen LogP contribution in [-0.4, -0.2) is 24.5 Å². The van der Waals surface area contributed by atoms with Crippen LogP contribution in [0.4, 0.5) is 4.39 Å². The fourth-order valence-electron chi connectivity index (χ4n) is 1.18. The molecule has 64 valence electrons. The molecule has 1 heterocycles. The van der Waals surface area contributed by atoms with Crippen LogP contribution in [0.1, 0.15) is 20.8 Å². The maximum absolute atomic E-state index is 13.4. The highest BCUT2D eigenvalue weighted by Crippen LogP contribution is 2.28. The van der Waals surface area contributed by atoms with Crippen LogP contribution in [0.15, 0.2) is 0 Å². The van der Waals surface area contributed by atoms with Crippen LogP contribution in [-0.2, 0) is 4.79 Å². The van der Waals surface area contributed by atoms with Crippen molar-refractivity contribution in [1.29, 1.82) is 0 Å². The standard InChI is InChI=1S/C8H14FNO/c1-7(2,3)6(11)8(9)4-10-5-8/h10H,4-5H2,1-3H3. The van der Waals surface area contributed by atoms with Gasteiger partial charge in [-0.3, -0.25) is 4.79 Å². The second-order valence-electron chi connectivity index (χ2n) is 4.15. The highest BCUT2D eigenvalue weighted by molar-refractivity contribution is 5.93. The lowest BCUT2D eigenvalue weighted by molar-refractivity contribution is -0.141. The molecule has 0 bridgehead atoms. The van der Waals surface area contributed by atoms with Gasteiger partial charge in [-0.15, -0.1) is 0 Å². The van der Waals surface area contributed by atoms with E-state index in [0.29, 0.717) is 0 Å². The van der Waals surface area contributed by atoms with Crippen molar-refractivity contribution in [3.05, 3.63) is 0 Å².